The van der Waals surface area contributed by atoms with Gasteiger partial charge in [0.25, 0.3) is 5.91 Å². The van der Waals surface area contributed by atoms with Crippen LogP contribution in [0.5, 0.6) is 5.75 Å². The van der Waals surface area contributed by atoms with Crippen LogP contribution in [0.2, 0.25) is 0 Å². The van der Waals surface area contributed by atoms with E-state index in [2.05, 4.69) is 20.9 Å². The number of thiophene rings is 1. The van der Waals surface area contributed by atoms with E-state index in [1.165, 1.54) is 11.3 Å². The number of carbonyl (C=O) groups excluding carboxylic acids is 1. The summed E-state index contributed by atoms with van der Waals surface area (Å²) >= 11 is 4.82. The quantitative estimate of drug-likeness (QED) is 0.852. The van der Waals surface area contributed by atoms with Crippen LogP contribution in [-0.4, -0.2) is 35.0 Å². The lowest BCUT2D eigenvalue weighted by Gasteiger charge is -2.38. The van der Waals surface area contributed by atoms with Gasteiger partial charge in [-0.3, -0.25) is 9.78 Å². The molecule has 1 amide bonds. The Morgan fingerprint density at radius 3 is 2.95 bits per heavy atom. The molecule has 1 aliphatic heterocycles. The minimum atomic E-state index is 0.0733. The minimum Gasteiger partial charge on any atom is -0.487 e. The number of aryl methyl sites for hydroxylation is 1. The van der Waals surface area contributed by atoms with Crippen LogP contribution in [0.4, 0.5) is 0 Å². The second kappa shape index (κ2) is 5.54. The van der Waals surface area contributed by atoms with Gasteiger partial charge >= 0.3 is 0 Å². The number of likely N-dealkylation sites (tertiary alicyclic amines) is 1. The summed E-state index contributed by atoms with van der Waals surface area (Å²) in [7, 11) is 0. The second-order valence-electron chi connectivity index (χ2n) is 4.71. The molecule has 3 heterocycles. The number of aromatic nitrogens is 1. The van der Waals surface area contributed by atoms with Gasteiger partial charge in [-0.05, 0) is 35.0 Å². The third-order valence-corrected chi connectivity index (χ3v) is 4.76. The molecule has 2 aromatic heterocycles. The van der Waals surface area contributed by atoms with Crippen LogP contribution in [0, 0.1) is 6.92 Å². The van der Waals surface area contributed by atoms with Gasteiger partial charge in [0.15, 0.2) is 0 Å². The number of hydrogen-bond donors (Lipinski definition) is 0. The van der Waals surface area contributed by atoms with E-state index in [1.807, 2.05) is 30.5 Å². The average Bonchev–Trinajstić information content (AvgIpc) is 2.79. The molecule has 0 N–H and O–H groups in total. The van der Waals surface area contributed by atoms with Crippen molar-refractivity contribution in [2.45, 2.75) is 13.0 Å². The van der Waals surface area contributed by atoms with Gasteiger partial charge in [0, 0.05) is 27.8 Å². The normalized spacial score (nSPS) is 15.0. The van der Waals surface area contributed by atoms with E-state index in [4.69, 9.17) is 4.74 Å². The van der Waals surface area contributed by atoms with Crippen LogP contribution >= 0.6 is 27.3 Å². The van der Waals surface area contributed by atoms with Gasteiger partial charge in [-0.25, -0.2) is 0 Å². The van der Waals surface area contributed by atoms with E-state index in [0.717, 1.165) is 20.8 Å². The van der Waals surface area contributed by atoms with Crippen molar-refractivity contribution < 1.29 is 9.53 Å². The molecule has 0 atom stereocenters. The van der Waals surface area contributed by atoms with Gasteiger partial charge in [-0.15, -0.1) is 11.3 Å². The fourth-order valence-electron chi connectivity index (χ4n) is 2.04. The van der Waals surface area contributed by atoms with E-state index in [-0.39, 0.29) is 12.0 Å². The minimum absolute atomic E-state index is 0.0733. The molecule has 1 aliphatic rings. The zero-order valence-corrected chi connectivity index (χ0v) is 13.3. The van der Waals surface area contributed by atoms with Crippen LogP contribution in [0.25, 0.3) is 0 Å². The third-order valence-electron chi connectivity index (χ3n) is 3.08. The van der Waals surface area contributed by atoms with Crippen LogP contribution in [0.1, 0.15) is 15.4 Å². The Morgan fingerprint density at radius 2 is 2.30 bits per heavy atom. The van der Waals surface area contributed by atoms with E-state index >= 15 is 0 Å². The summed E-state index contributed by atoms with van der Waals surface area (Å²) in [5.41, 5.74) is 0.929. The molecule has 2 aromatic rings. The molecule has 104 valence electrons. The summed E-state index contributed by atoms with van der Waals surface area (Å²) in [6.45, 7) is 3.20. The van der Waals surface area contributed by atoms with Crippen molar-refractivity contribution >= 4 is 33.2 Å². The summed E-state index contributed by atoms with van der Waals surface area (Å²) in [6, 6.07) is 5.60. The highest BCUT2D eigenvalue weighted by molar-refractivity contribution is 9.10. The fraction of sp³-hybridized carbons (Fsp3) is 0.286. The first-order chi connectivity index (χ1) is 9.61. The summed E-state index contributed by atoms with van der Waals surface area (Å²) in [6.07, 6.45) is 1.80. The number of halogens is 1. The number of hydrogen-bond acceptors (Lipinski definition) is 4. The highest BCUT2D eigenvalue weighted by Gasteiger charge is 2.33. The molecule has 0 bridgehead atoms. The van der Waals surface area contributed by atoms with E-state index in [1.54, 1.807) is 11.1 Å². The summed E-state index contributed by atoms with van der Waals surface area (Å²) < 4.78 is 6.76. The van der Waals surface area contributed by atoms with Crippen molar-refractivity contribution in [1.29, 1.82) is 0 Å². The van der Waals surface area contributed by atoms with Crippen LogP contribution in [0.15, 0.2) is 34.2 Å². The van der Waals surface area contributed by atoms with Crippen molar-refractivity contribution in [3.05, 3.63) is 44.8 Å². The maximum absolute atomic E-state index is 12.1. The molecule has 0 spiro atoms. The lowest BCUT2D eigenvalue weighted by molar-refractivity contribution is 0.0181. The standard InChI is InChI=1S/C14H13BrN2O2S/c1-9-4-11(2-3-16-9)19-12-6-17(7-12)14(18)13-5-10(15)8-20-13/h2-5,8,12H,6-7H2,1H3. The predicted octanol–water partition coefficient (Wildman–Crippen LogP) is 3.12. The number of nitrogens with zero attached hydrogens (tertiary/aromatic N) is 2. The molecule has 1 fully saturated rings. The fourth-order valence-corrected chi connectivity index (χ4v) is 3.44. The first-order valence-electron chi connectivity index (χ1n) is 6.24. The van der Waals surface area contributed by atoms with Gasteiger partial charge < -0.3 is 9.64 Å². The first-order valence-corrected chi connectivity index (χ1v) is 7.92. The zero-order valence-electron chi connectivity index (χ0n) is 10.9. The Hall–Kier alpha value is -1.40. The summed E-state index contributed by atoms with van der Waals surface area (Å²) in [5.74, 6) is 0.889. The van der Waals surface area contributed by atoms with Crippen LogP contribution in [0.3, 0.4) is 0 Å². The Labute approximate surface area is 129 Å². The molecule has 0 aliphatic carbocycles. The van der Waals surface area contributed by atoms with Crippen molar-refractivity contribution in [1.82, 2.24) is 9.88 Å². The second-order valence-corrected chi connectivity index (χ2v) is 6.54. The Bertz CT molecular complexity index is 638. The number of pyridine rings is 1. The molecule has 1 saturated heterocycles. The molecule has 3 rings (SSSR count). The van der Waals surface area contributed by atoms with Crippen molar-refractivity contribution in [3.8, 4) is 5.75 Å². The lowest BCUT2D eigenvalue weighted by Crippen LogP contribution is -2.56. The number of ether oxygens (including phenoxy) is 1. The van der Waals surface area contributed by atoms with Gasteiger partial charge in [0.1, 0.15) is 11.9 Å². The molecule has 0 aromatic carbocycles. The predicted molar refractivity (Wildman–Crippen MR) is 81.3 cm³/mol. The van der Waals surface area contributed by atoms with Gasteiger partial charge in [0.2, 0.25) is 0 Å². The van der Waals surface area contributed by atoms with Gasteiger partial charge in [0.05, 0.1) is 18.0 Å². The van der Waals surface area contributed by atoms with E-state index < -0.39 is 0 Å². The number of carbonyl (C=O) groups is 1. The highest BCUT2D eigenvalue weighted by Crippen LogP contribution is 2.24. The third kappa shape index (κ3) is 2.86. The SMILES string of the molecule is Cc1cc(OC2CN(C(=O)c3cc(Br)cs3)C2)ccn1. The van der Waals surface area contributed by atoms with Crippen molar-refractivity contribution in [2.24, 2.45) is 0 Å². The largest absolute Gasteiger partial charge is 0.487 e. The molecule has 6 heteroatoms. The lowest BCUT2D eigenvalue weighted by atomic mass is 10.1. The monoisotopic (exact) mass is 352 g/mol. The Kier molecular flexibility index (Phi) is 3.76. The van der Waals surface area contributed by atoms with E-state index in [0.29, 0.717) is 13.1 Å². The molecule has 20 heavy (non-hydrogen) atoms. The average molecular weight is 353 g/mol. The first kappa shape index (κ1) is 13.6. The van der Waals surface area contributed by atoms with Gasteiger partial charge in [-0.1, -0.05) is 0 Å². The molecule has 0 unspecified atom stereocenters. The van der Waals surface area contributed by atoms with Gasteiger partial charge in [-0.2, -0.15) is 0 Å². The number of amides is 1. The van der Waals surface area contributed by atoms with Crippen molar-refractivity contribution in [3.63, 3.8) is 0 Å². The topological polar surface area (TPSA) is 42.4 Å². The highest BCUT2D eigenvalue weighted by atomic mass is 79.9. The van der Waals surface area contributed by atoms with E-state index in [9.17, 15) is 4.79 Å². The molecular formula is C14H13BrN2O2S. The maximum Gasteiger partial charge on any atom is 0.264 e. The zero-order chi connectivity index (χ0) is 14.1. The van der Waals surface area contributed by atoms with Crippen LogP contribution in [-0.2, 0) is 0 Å². The maximum atomic E-state index is 12.1. The Morgan fingerprint density at radius 1 is 1.50 bits per heavy atom. The summed E-state index contributed by atoms with van der Waals surface area (Å²) in [5, 5.41) is 1.92. The smallest absolute Gasteiger partial charge is 0.264 e. The molecular weight excluding hydrogens is 340 g/mol. The molecule has 0 saturated carbocycles. The number of rotatable bonds is 3. The Balaban J connectivity index is 1.55. The molecule has 4 nitrogen and oxygen atoms in total. The summed E-state index contributed by atoms with van der Waals surface area (Å²) in [4.78, 5) is 18.8. The van der Waals surface area contributed by atoms with Crippen LogP contribution < -0.4 is 4.74 Å². The van der Waals surface area contributed by atoms with Crippen molar-refractivity contribution in [2.75, 3.05) is 13.1 Å². The molecule has 0 radical (unpaired) electrons.